The van der Waals surface area contributed by atoms with Gasteiger partial charge in [-0.25, -0.2) is 0 Å². The van der Waals surface area contributed by atoms with E-state index in [0.29, 0.717) is 0 Å². The van der Waals surface area contributed by atoms with E-state index in [1.807, 2.05) is 6.07 Å². The van der Waals surface area contributed by atoms with Crippen LogP contribution in [-0.2, 0) is 6.42 Å². The van der Waals surface area contributed by atoms with Gasteiger partial charge in [0.05, 0.1) is 0 Å². The minimum atomic E-state index is 0.748. The highest BCUT2D eigenvalue weighted by atomic mass is 35.5. The van der Waals surface area contributed by atoms with Crippen molar-refractivity contribution in [2.75, 3.05) is 20.1 Å². The van der Waals surface area contributed by atoms with Crippen molar-refractivity contribution in [1.82, 2.24) is 4.90 Å². The van der Waals surface area contributed by atoms with Crippen LogP contribution in [0.5, 0.6) is 0 Å². The molecule has 0 bridgehead atoms. The highest BCUT2D eigenvalue weighted by molar-refractivity contribution is 6.30. The van der Waals surface area contributed by atoms with Crippen molar-refractivity contribution >= 4 is 17.7 Å². The van der Waals surface area contributed by atoms with Crippen LogP contribution in [0.4, 0.5) is 0 Å². The molecule has 0 aromatic heterocycles. The second-order valence-electron chi connectivity index (χ2n) is 5.38. The molecule has 0 amide bonds. The number of fused-ring (bicyclic) bond motifs is 2. The summed E-state index contributed by atoms with van der Waals surface area (Å²) in [4.78, 5) is 2.45. The Hall–Kier alpha value is -0.790. The van der Waals surface area contributed by atoms with E-state index in [-0.39, 0.29) is 0 Å². The van der Waals surface area contributed by atoms with E-state index >= 15 is 0 Å². The van der Waals surface area contributed by atoms with Gasteiger partial charge in [-0.3, -0.25) is 0 Å². The van der Waals surface area contributed by atoms with Gasteiger partial charge in [-0.2, -0.15) is 0 Å². The molecular weight excluding hydrogens is 230 g/mol. The Kier molecular flexibility index (Phi) is 2.97. The predicted octanol–water partition coefficient (Wildman–Crippen LogP) is 3.48. The van der Waals surface area contributed by atoms with Gasteiger partial charge in [-0.15, -0.1) is 0 Å². The van der Waals surface area contributed by atoms with E-state index in [1.165, 1.54) is 37.1 Å². The Morgan fingerprint density at radius 3 is 3.12 bits per heavy atom. The zero-order valence-electron chi connectivity index (χ0n) is 10.2. The van der Waals surface area contributed by atoms with Crippen LogP contribution in [0, 0.1) is 11.8 Å². The number of rotatable bonds is 0. The topological polar surface area (TPSA) is 3.24 Å². The Bertz CT molecular complexity index is 452. The molecule has 2 aliphatic rings. The fraction of sp³-hybridized carbons (Fsp3) is 0.467. The van der Waals surface area contributed by atoms with Crippen molar-refractivity contribution < 1.29 is 0 Å². The fourth-order valence-electron chi connectivity index (χ4n) is 3.12. The average Bonchev–Trinajstić information content (AvgIpc) is 2.47. The zero-order valence-corrected chi connectivity index (χ0v) is 11.0. The second kappa shape index (κ2) is 4.47. The Labute approximate surface area is 108 Å². The molecule has 2 atom stereocenters. The molecule has 0 saturated carbocycles. The molecule has 1 saturated heterocycles. The number of hydrogen-bond donors (Lipinski definition) is 0. The third-order valence-corrected chi connectivity index (χ3v) is 4.34. The summed E-state index contributed by atoms with van der Waals surface area (Å²) >= 11 is 6.06. The summed E-state index contributed by atoms with van der Waals surface area (Å²) in [5.74, 6) is 1.52. The Balaban J connectivity index is 1.93. The van der Waals surface area contributed by atoms with Crippen LogP contribution >= 0.6 is 11.6 Å². The number of benzene rings is 1. The third-order valence-electron chi connectivity index (χ3n) is 4.11. The minimum absolute atomic E-state index is 0.748. The van der Waals surface area contributed by atoms with Crippen molar-refractivity contribution in [3.63, 3.8) is 0 Å². The van der Waals surface area contributed by atoms with Crippen LogP contribution in [0.15, 0.2) is 24.3 Å². The first-order valence-corrected chi connectivity index (χ1v) is 6.75. The summed E-state index contributed by atoms with van der Waals surface area (Å²) in [6.07, 6.45) is 7.16. The van der Waals surface area contributed by atoms with E-state index in [4.69, 9.17) is 11.6 Å². The summed E-state index contributed by atoms with van der Waals surface area (Å²) in [6, 6.07) is 6.30. The Morgan fingerprint density at radius 2 is 2.24 bits per heavy atom. The monoisotopic (exact) mass is 247 g/mol. The molecule has 1 aromatic carbocycles. The predicted molar refractivity (Wildman–Crippen MR) is 73.3 cm³/mol. The van der Waals surface area contributed by atoms with Gasteiger partial charge in [0.1, 0.15) is 0 Å². The summed E-state index contributed by atoms with van der Waals surface area (Å²) < 4.78 is 0. The molecule has 3 rings (SSSR count). The number of piperidine rings is 1. The van der Waals surface area contributed by atoms with E-state index < -0.39 is 0 Å². The lowest BCUT2D eigenvalue weighted by Crippen LogP contribution is -2.38. The first kappa shape index (κ1) is 11.3. The maximum absolute atomic E-state index is 6.06. The summed E-state index contributed by atoms with van der Waals surface area (Å²) in [6.45, 7) is 2.44. The van der Waals surface area contributed by atoms with Gasteiger partial charge in [0.25, 0.3) is 0 Å². The van der Waals surface area contributed by atoms with Gasteiger partial charge in [0.2, 0.25) is 0 Å². The molecule has 90 valence electrons. The quantitative estimate of drug-likeness (QED) is 0.679. The number of nitrogens with zero attached hydrogens (tertiary/aromatic N) is 1. The first-order valence-electron chi connectivity index (χ1n) is 6.37. The highest BCUT2D eigenvalue weighted by Gasteiger charge is 2.28. The van der Waals surface area contributed by atoms with Gasteiger partial charge in [-0.1, -0.05) is 29.8 Å². The molecule has 1 aromatic rings. The molecule has 1 fully saturated rings. The van der Waals surface area contributed by atoms with Crippen LogP contribution < -0.4 is 0 Å². The van der Waals surface area contributed by atoms with Crippen LogP contribution in [0.3, 0.4) is 0 Å². The molecule has 1 aliphatic heterocycles. The van der Waals surface area contributed by atoms with Gasteiger partial charge in [0.15, 0.2) is 0 Å². The van der Waals surface area contributed by atoms with Gasteiger partial charge in [0, 0.05) is 11.6 Å². The number of allylic oxidation sites excluding steroid dienone is 1. The molecule has 1 nitrogen and oxygen atoms in total. The van der Waals surface area contributed by atoms with Gasteiger partial charge >= 0.3 is 0 Å². The van der Waals surface area contributed by atoms with Crippen molar-refractivity contribution in [3.8, 4) is 0 Å². The number of hydrogen-bond acceptors (Lipinski definition) is 1. The Morgan fingerprint density at radius 1 is 1.35 bits per heavy atom. The summed E-state index contributed by atoms with van der Waals surface area (Å²) in [7, 11) is 2.23. The normalized spacial score (nSPS) is 28.4. The van der Waals surface area contributed by atoms with Crippen LogP contribution in [0.2, 0.25) is 5.02 Å². The van der Waals surface area contributed by atoms with E-state index in [0.717, 1.165) is 16.9 Å². The molecule has 0 N–H and O–H groups in total. The fourth-order valence-corrected chi connectivity index (χ4v) is 3.30. The summed E-state index contributed by atoms with van der Waals surface area (Å²) in [5, 5.41) is 0.843. The van der Waals surface area contributed by atoms with Crippen molar-refractivity contribution in [1.29, 1.82) is 0 Å². The maximum Gasteiger partial charge on any atom is 0.0412 e. The lowest BCUT2D eigenvalue weighted by molar-refractivity contribution is 0.170. The lowest BCUT2D eigenvalue weighted by atomic mass is 9.83. The third kappa shape index (κ3) is 2.27. The SMILES string of the molecule is CN1CC[C@H]2C=Cc3cc(Cl)ccc3C[C@@H]2C1. The van der Waals surface area contributed by atoms with Crippen molar-refractivity contribution in [2.45, 2.75) is 12.8 Å². The van der Waals surface area contributed by atoms with E-state index in [9.17, 15) is 0 Å². The minimum Gasteiger partial charge on any atom is -0.306 e. The maximum atomic E-state index is 6.06. The number of likely N-dealkylation sites (tertiary alicyclic amines) is 1. The largest absolute Gasteiger partial charge is 0.306 e. The molecule has 0 radical (unpaired) electrons. The van der Waals surface area contributed by atoms with Crippen molar-refractivity contribution in [3.05, 3.63) is 40.4 Å². The molecule has 2 heteroatoms. The standard InChI is InChI=1S/C15H18ClN/c1-17-7-6-11-2-3-13-9-15(16)5-4-12(13)8-14(11)10-17/h2-5,9,11,14H,6-8,10H2,1H3/t11-,14-/m1/s1. The second-order valence-corrected chi connectivity index (χ2v) is 5.82. The molecule has 0 unspecified atom stereocenters. The molecule has 1 aliphatic carbocycles. The van der Waals surface area contributed by atoms with Crippen LogP contribution in [0.1, 0.15) is 17.5 Å². The molecule has 0 spiro atoms. The highest BCUT2D eigenvalue weighted by Crippen LogP contribution is 2.33. The summed E-state index contributed by atoms with van der Waals surface area (Å²) in [5.41, 5.74) is 2.77. The van der Waals surface area contributed by atoms with Gasteiger partial charge in [-0.05, 0) is 61.5 Å². The number of halogens is 1. The smallest absolute Gasteiger partial charge is 0.0412 e. The van der Waals surface area contributed by atoms with Crippen LogP contribution in [0.25, 0.3) is 6.08 Å². The van der Waals surface area contributed by atoms with E-state index in [2.05, 4.69) is 36.2 Å². The lowest BCUT2D eigenvalue weighted by Gasteiger charge is -2.34. The van der Waals surface area contributed by atoms with E-state index in [1.54, 1.807) is 0 Å². The van der Waals surface area contributed by atoms with Gasteiger partial charge < -0.3 is 4.90 Å². The van der Waals surface area contributed by atoms with Crippen molar-refractivity contribution in [2.24, 2.45) is 11.8 Å². The average molecular weight is 248 g/mol. The zero-order chi connectivity index (χ0) is 11.8. The first-order chi connectivity index (χ1) is 8.22. The molecular formula is C15H18ClN. The molecule has 17 heavy (non-hydrogen) atoms. The van der Waals surface area contributed by atoms with Crippen LogP contribution in [-0.4, -0.2) is 25.0 Å². The molecule has 1 heterocycles.